The van der Waals surface area contributed by atoms with Crippen molar-refractivity contribution in [2.24, 2.45) is 0 Å². The Morgan fingerprint density at radius 2 is 1.64 bits per heavy atom. The number of aliphatic hydroxyl groups excluding tert-OH is 4. The molecule has 88 valence electrons. The van der Waals surface area contributed by atoms with Gasteiger partial charge in [-0.05, 0) is 0 Å². The van der Waals surface area contributed by atoms with Crippen LogP contribution in [0, 0.1) is 0 Å². The van der Waals surface area contributed by atoms with Gasteiger partial charge >= 0.3 is 7.82 Å². The quantitative estimate of drug-likeness (QED) is 0.196. The summed E-state index contributed by atoms with van der Waals surface area (Å²) in [5.41, 5.74) is 0. The van der Waals surface area contributed by atoms with Crippen LogP contribution in [0.3, 0.4) is 0 Å². The zero-order chi connectivity index (χ0) is 10.6. The van der Waals surface area contributed by atoms with Gasteiger partial charge in [-0.25, -0.2) is 4.57 Å². The molecular formula is C4H14NO8P. The molecule has 0 aromatic carbocycles. The molecule has 9 N–H and O–H groups in total. The SMILES string of the molecule is N.O=P(O)(O)OC(O)[C@@H](O)[C@@H](O)CO. The average molecular weight is 235 g/mol. The Labute approximate surface area is 79.4 Å². The van der Waals surface area contributed by atoms with E-state index in [9.17, 15) is 4.57 Å². The van der Waals surface area contributed by atoms with Crippen LogP contribution >= 0.6 is 7.82 Å². The zero-order valence-electron chi connectivity index (χ0n) is 7.09. The predicted octanol–water partition coefficient (Wildman–Crippen LogP) is -2.71. The molecule has 0 aliphatic heterocycles. The number of hydrogen-bond acceptors (Lipinski definition) is 7. The summed E-state index contributed by atoms with van der Waals surface area (Å²) in [6, 6.07) is 0. The first-order valence-corrected chi connectivity index (χ1v) is 4.70. The van der Waals surface area contributed by atoms with Crippen molar-refractivity contribution >= 4 is 7.82 Å². The summed E-state index contributed by atoms with van der Waals surface area (Å²) in [4.78, 5) is 16.3. The second-order valence-corrected chi connectivity index (χ2v) is 3.42. The first-order chi connectivity index (χ1) is 5.78. The van der Waals surface area contributed by atoms with E-state index in [1.54, 1.807) is 0 Å². The van der Waals surface area contributed by atoms with Crippen molar-refractivity contribution in [3.63, 3.8) is 0 Å². The molecule has 0 aromatic rings. The molecule has 0 aliphatic carbocycles. The van der Waals surface area contributed by atoms with Crippen molar-refractivity contribution in [2.75, 3.05) is 6.61 Å². The summed E-state index contributed by atoms with van der Waals surface area (Å²) in [5.74, 6) is 0. The minimum Gasteiger partial charge on any atom is -0.394 e. The second-order valence-electron chi connectivity index (χ2n) is 2.23. The first-order valence-electron chi connectivity index (χ1n) is 3.17. The van der Waals surface area contributed by atoms with Crippen molar-refractivity contribution in [1.29, 1.82) is 0 Å². The fourth-order valence-electron chi connectivity index (χ4n) is 0.501. The largest absolute Gasteiger partial charge is 0.472 e. The molecule has 0 rings (SSSR count). The van der Waals surface area contributed by atoms with E-state index in [1.807, 2.05) is 0 Å². The van der Waals surface area contributed by atoms with Crippen LogP contribution in [0.25, 0.3) is 0 Å². The van der Waals surface area contributed by atoms with Crippen molar-refractivity contribution in [2.45, 2.75) is 18.5 Å². The van der Waals surface area contributed by atoms with Crippen LogP contribution in [0.1, 0.15) is 0 Å². The van der Waals surface area contributed by atoms with Gasteiger partial charge in [0.25, 0.3) is 0 Å². The van der Waals surface area contributed by atoms with Crippen molar-refractivity contribution < 1.29 is 39.3 Å². The van der Waals surface area contributed by atoms with Crippen LogP contribution in [0.15, 0.2) is 0 Å². The van der Waals surface area contributed by atoms with Gasteiger partial charge < -0.3 is 36.4 Å². The molecule has 0 saturated carbocycles. The second kappa shape index (κ2) is 6.40. The lowest BCUT2D eigenvalue weighted by Crippen LogP contribution is -2.40. The lowest BCUT2D eigenvalue weighted by Gasteiger charge is -2.21. The van der Waals surface area contributed by atoms with Gasteiger partial charge in [0, 0.05) is 0 Å². The fraction of sp³-hybridized carbons (Fsp3) is 1.00. The minimum absolute atomic E-state index is 0. The highest BCUT2D eigenvalue weighted by molar-refractivity contribution is 7.46. The minimum atomic E-state index is -4.93. The molecule has 0 aromatic heterocycles. The summed E-state index contributed by atoms with van der Waals surface area (Å²) in [5, 5.41) is 34.5. The molecule has 0 bridgehead atoms. The molecule has 1 unspecified atom stereocenters. The Morgan fingerprint density at radius 3 is 1.93 bits per heavy atom. The van der Waals surface area contributed by atoms with Crippen LogP contribution in [0.2, 0.25) is 0 Å². The van der Waals surface area contributed by atoms with Crippen LogP contribution in [0.5, 0.6) is 0 Å². The normalized spacial score (nSPS) is 18.1. The number of aliphatic hydroxyl groups is 4. The smallest absolute Gasteiger partial charge is 0.394 e. The third-order valence-corrected chi connectivity index (χ3v) is 1.61. The molecular weight excluding hydrogens is 221 g/mol. The molecule has 9 nitrogen and oxygen atoms in total. The maximum atomic E-state index is 10.1. The third kappa shape index (κ3) is 6.38. The van der Waals surface area contributed by atoms with Crippen LogP contribution in [-0.4, -0.2) is 55.3 Å². The van der Waals surface area contributed by atoms with Gasteiger partial charge in [-0.1, -0.05) is 0 Å². The van der Waals surface area contributed by atoms with E-state index >= 15 is 0 Å². The van der Waals surface area contributed by atoms with Gasteiger partial charge in [0.15, 0.2) is 6.29 Å². The topological polar surface area (TPSA) is 183 Å². The monoisotopic (exact) mass is 235 g/mol. The van der Waals surface area contributed by atoms with Crippen LogP contribution in [-0.2, 0) is 9.09 Å². The molecule has 0 saturated heterocycles. The van der Waals surface area contributed by atoms with E-state index in [2.05, 4.69) is 4.52 Å². The Hall–Kier alpha value is -0.0900. The Balaban J connectivity index is 0. The van der Waals surface area contributed by atoms with Crippen LogP contribution in [0.4, 0.5) is 0 Å². The molecule has 14 heavy (non-hydrogen) atoms. The van der Waals surface area contributed by atoms with Crippen molar-refractivity contribution in [1.82, 2.24) is 6.15 Å². The molecule has 0 fully saturated rings. The average Bonchev–Trinajstić information content (AvgIpc) is 1.98. The lowest BCUT2D eigenvalue weighted by molar-refractivity contribution is -0.157. The summed E-state index contributed by atoms with van der Waals surface area (Å²) >= 11 is 0. The number of rotatable bonds is 5. The van der Waals surface area contributed by atoms with Gasteiger partial charge in [0.2, 0.25) is 0 Å². The molecule has 10 heteroatoms. The Bertz CT molecular complexity index is 194. The number of hydrogen-bond donors (Lipinski definition) is 7. The Morgan fingerprint density at radius 1 is 1.21 bits per heavy atom. The number of phosphoric ester groups is 1. The predicted molar refractivity (Wildman–Crippen MR) is 43.3 cm³/mol. The van der Waals surface area contributed by atoms with E-state index in [1.165, 1.54) is 0 Å². The van der Waals surface area contributed by atoms with E-state index in [-0.39, 0.29) is 6.15 Å². The molecule has 0 radical (unpaired) electrons. The highest BCUT2D eigenvalue weighted by Crippen LogP contribution is 2.37. The first kappa shape index (κ1) is 16.3. The third-order valence-electron chi connectivity index (χ3n) is 1.12. The highest BCUT2D eigenvalue weighted by Gasteiger charge is 2.30. The molecule has 0 heterocycles. The standard InChI is InChI=1S/C4H11O8P.H3N/c5-1-2(6)3(7)4(8)12-13(9,10)11;/h2-8H,1H2,(H2,9,10,11);1H3/t2-,3-,4?;/m0./s1. The molecule has 3 atom stereocenters. The van der Waals surface area contributed by atoms with E-state index < -0.39 is 32.9 Å². The van der Waals surface area contributed by atoms with Crippen molar-refractivity contribution in [3.8, 4) is 0 Å². The molecule has 0 amide bonds. The molecule has 0 aliphatic rings. The summed E-state index contributed by atoms with van der Waals surface area (Å²) in [7, 11) is -4.93. The van der Waals surface area contributed by atoms with Gasteiger partial charge in [-0.15, -0.1) is 0 Å². The van der Waals surface area contributed by atoms with E-state index in [4.69, 9.17) is 30.2 Å². The number of phosphoric acid groups is 1. The van der Waals surface area contributed by atoms with Gasteiger partial charge in [0.05, 0.1) is 6.61 Å². The van der Waals surface area contributed by atoms with E-state index in [0.717, 1.165) is 0 Å². The zero-order valence-corrected chi connectivity index (χ0v) is 7.99. The lowest BCUT2D eigenvalue weighted by atomic mass is 10.2. The highest BCUT2D eigenvalue weighted by atomic mass is 31.2. The van der Waals surface area contributed by atoms with Crippen LogP contribution < -0.4 is 6.15 Å². The van der Waals surface area contributed by atoms with Gasteiger partial charge in [-0.2, -0.15) is 0 Å². The summed E-state index contributed by atoms with van der Waals surface area (Å²) < 4.78 is 13.7. The van der Waals surface area contributed by atoms with E-state index in [0.29, 0.717) is 0 Å². The summed E-state index contributed by atoms with van der Waals surface area (Å²) in [6.07, 6.45) is -5.98. The maximum absolute atomic E-state index is 10.1. The van der Waals surface area contributed by atoms with Crippen molar-refractivity contribution in [3.05, 3.63) is 0 Å². The summed E-state index contributed by atoms with van der Waals surface area (Å²) in [6.45, 7) is -0.872. The fourth-order valence-corrected chi connectivity index (χ4v) is 0.907. The molecule has 0 spiro atoms. The van der Waals surface area contributed by atoms with Gasteiger partial charge in [-0.3, -0.25) is 4.52 Å². The van der Waals surface area contributed by atoms with Gasteiger partial charge in [0.1, 0.15) is 12.2 Å². The maximum Gasteiger partial charge on any atom is 0.472 e. The Kier molecular flexibility index (Phi) is 7.48.